The highest BCUT2D eigenvalue weighted by atomic mass is 16.3. The highest BCUT2D eigenvalue weighted by Gasteiger charge is 2.24. The van der Waals surface area contributed by atoms with Gasteiger partial charge in [-0.25, -0.2) is 0 Å². The van der Waals surface area contributed by atoms with E-state index in [1.54, 1.807) is 0 Å². The number of rotatable bonds is 5. The molecule has 0 N–H and O–H groups in total. The number of hydrogen-bond acceptors (Lipinski definition) is 2. The molecule has 0 saturated heterocycles. The molecule has 0 fully saturated rings. The first-order valence-corrected chi connectivity index (χ1v) is 16.7. The molecule has 10 rings (SSSR count). The summed E-state index contributed by atoms with van der Waals surface area (Å²) < 4.78 is 9.09. The molecule has 0 aliphatic carbocycles. The van der Waals surface area contributed by atoms with E-state index in [-0.39, 0.29) is 0 Å². The fourth-order valence-corrected chi connectivity index (χ4v) is 7.63. The Bertz CT molecular complexity index is 2830. The Morgan fingerprint density at radius 3 is 1.94 bits per heavy atom. The Labute approximate surface area is 283 Å². The first kappa shape index (κ1) is 27.5. The predicted molar refractivity (Wildman–Crippen MR) is 206 cm³/mol. The molecular formula is C46H30N2O. The molecular weight excluding hydrogens is 597 g/mol. The highest BCUT2D eigenvalue weighted by Crippen LogP contribution is 2.48. The van der Waals surface area contributed by atoms with Crippen molar-refractivity contribution in [1.29, 1.82) is 0 Å². The number of hydrogen-bond donors (Lipinski definition) is 0. The Morgan fingerprint density at radius 2 is 1.08 bits per heavy atom. The van der Waals surface area contributed by atoms with Crippen molar-refractivity contribution in [3.8, 4) is 16.8 Å². The van der Waals surface area contributed by atoms with Gasteiger partial charge in [-0.2, -0.15) is 0 Å². The van der Waals surface area contributed by atoms with Crippen LogP contribution in [-0.2, 0) is 0 Å². The van der Waals surface area contributed by atoms with Crippen LogP contribution in [0.5, 0.6) is 0 Å². The molecule has 0 unspecified atom stereocenters. The third-order valence-corrected chi connectivity index (χ3v) is 9.75. The molecule has 10 aromatic rings. The zero-order valence-electron chi connectivity index (χ0n) is 26.6. The Morgan fingerprint density at radius 1 is 0.429 bits per heavy atom. The van der Waals surface area contributed by atoms with Gasteiger partial charge in [0.25, 0.3) is 0 Å². The zero-order valence-corrected chi connectivity index (χ0v) is 26.6. The molecule has 3 heteroatoms. The van der Waals surface area contributed by atoms with Crippen LogP contribution >= 0.6 is 0 Å². The van der Waals surface area contributed by atoms with Crippen LogP contribution in [0.1, 0.15) is 0 Å². The van der Waals surface area contributed by atoms with E-state index in [1.165, 1.54) is 27.2 Å². The van der Waals surface area contributed by atoms with Crippen LogP contribution in [0, 0.1) is 0 Å². The highest BCUT2D eigenvalue weighted by molar-refractivity contribution is 6.22. The van der Waals surface area contributed by atoms with Crippen LogP contribution in [0.15, 0.2) is 186 Å². The average molecular weight is 627 g/mol. The second kappa shape index (κ2) is 11.0. The van der Waals surface area contributed by atoms with Gasteiger partial charge in [0, 0.05) is 32.9 Å². The fourth-order valence-electron chi connectivity index (χ4n) is 7.63. The zero-order chi connectivity index (χ0) is 32.3. The molecule has 0 atom stereocenters. The Kier molecular flexibility index (Phi) is 6.18. The van der Waals surface area contributed by atoms with Crippen LogP contribution in [0.25, 0.3) is 71.3 Å². The van der Waals surface area contributed by atoms with Gasteiger partial charge in [-0.05, 0) is 77.2 Å². The van der Waals surface area contributed by atoms with Crippen molar-refractivity contribution in [3.63, 3.8) is 0 Å². The molecule has 2 aromatic heterocycles. The molecule has 0 bridgehead atoms. The molecule has 0 aliphatic rings. The molecule has 0 aliphatic heterocycles. The summed E-state index contributed by atoms with van der Waals surface area (Å²) in [5.41, 5.74) is 10.9. The second-order valence-electron chi connectivity index (χ2n) is 12.5. The normalized spacial score (nSPS) is 11.7. The number of benzene rings is 8. The Balaban J connectivity index is 1.32. The van der Waals surface area contributed by atoms with Crippen LogP contribution in [0.4, 0.5) is 17.1 Å². The lowest BCUT2D eigenvalue weighted by atomic mass is 10.0. The SMILES string of the molecule is c1ccc(-c2cccc(N(c3cccc4oc5c6ccccc6ccc5c34)c3cccc4c3c3ccccc3n4-c3ccccc3)c2)cc1. The molecule has 0 spiro atoms. The molecule has 3 nitrogen and oxygen atoms in total. The largest absolute Gasteiger partial charge is 0.455 e. The van der Waals surface area contributed by atoms with Crippen LogP contribution in [0.2, 0.25) is 0 Å². The van der Waals surface area contributed by atoms with E-state index in [0.717, 1.165) is 61.2 Å². The lowest BCUT2D eigenvalue weighted by Gasteiger charge is -2.27. The lowest BCUT2D eigenvalue weighted by molar-refractivity contribution is 0.672. The summed E-state index contributed by atoms with van der Waals surface area (Å²) in [6, 6.07) is 64.9. The minimum absolute atomic E-state index is 0.868. The first-order valence-electron chi connectivity index (χ1n) is 16.7. The van der Waals surface area contributed by atoms with Crippen molar-refractivity contribution in [2.24, 2.45) is 0 Å². The van der Waals surface area contributed by atoms with Crippen molar-refractivity contribution >= 4 is 71.6 Å². The quantitative estimate of drug-likeness (QED) is 0.190. The summed E-state index contributed by atoms with van der Waals surface area (Å²) in [5, 5.41) is 6.89. The molecule has 230 valence electrons. The lowest BCUT2D eigenvalue weighted by Crippen LogP contribution is -2.11. The fraction of sp³-hybridized carbons (Fsp3) is 0. The van der Waals surface area contributed by atoms with Gasteiger partial charge in [0.1, 0.15) is 11.2 Å². The summed E-state index contributed by atoms with van der Waals surface area (Å²) in [4.78, 5) is 2.43. The minimum Gasteiger partial charge on any atom is -0.455 e. The number of para-hydroxylation sites is 2. The van der Waals surface area contributed by atoms with Crippen molar-refractivity contribution in [1.82, 2.24) is 4.57 Å². The van der Waals surface area contributed by atoms with Gasteiger partial charge in [0.15, 0.2) is 0 Å². The predicted octanol–water partition coefficient (Wildman–Crippen LogP) is 13.0. The summed E-state index contributed by atoms with van der Waals surface area (Å²) >= 11 is 0. The molecule has 0 saturated carbocycles. The van der Waals surface area contributed by atoms with Gasteiger partial charge >= 0.3 is 0 Å². The monoisotopic (exact) mass is 626 g/mol. The smallest absolute Gasteiger partial charge is 0.143 e. The Hall–Kier alpha value is -6.58. The number of fused-ring (bicyclic) bond motifs is 8. The minimum atomic E-state index is 0.868. The van der Waals surface area contributed by atoms with Gasteiger partial charge in [0.05, 0.1) is 27.8 Å². The van der Waals surface area contributed by atoms with Crippen LogP contribution in [0.3, 0.4) is 0 Å². The van der Waals surface area contributed by atoms with Gasteiger partial charge in [-0.3, -0.25) is 0 Å². The second-order valence-corrected chi connectivity index (χ2v) is 12.5. The van der Waals surface area contributed by atoms with Gasteiger partial charge in [-0.1, -0.05) is 121 Å². The van der Waals surface area contributed by atoms with Crippen molar-refractivity contribution < 1.29 is 4.42 Å². The number of aromatic nitrogens is 1. The maximum absolute atomic E-state index is 6.71. The molecule has 2 heterocycles. The topological polar surface area (TPSA) is 21.3 Å². The van der Waals surface area contributed by atoms with Gasteiger partial charge in [-0.15, -0.1) is 0 Å². The maximum atomic E-state index is 6.71. The maximum Gasteiger partial charge on any atom is 0.143 e. The van der Waals surface area contributed by atoms with E-state index >= 15 is 0 Å². The summed E-state index contributed by atoms with van der Waals surface area (Å²) in [7, 11) is 0. The van der Waals surface area contributed by atoms with Crippen LogP contribution < -0.4 is 4.90 Å². The van der Waals surface area contributed by atoms with Gasteiger partial charge in [0.2, 0.25) is 0 Å². The van der Waals surface area contributed by atoms with Crippen molar-refractivity contribution in [2.75, 3.05) is 4.90 Å². The third-order valence-electron chi connectivity index (χ3n) is 9.75. The summed E-state index contributed by atoms with van der Waals surface area (Å²) in [6.07, 6.45) is 0. The number of nitrogens with zero attached hydrogens (tertiary/aromatic N) is 2. The molecule has 0 radical (unpaired) electrons. The first-order chi connectivity index (χ1) is 24.3. The summed E-state index contributed by atoms with van der Waals surface area (Å²) in [6.45, 7) is 0. The number of furan rings is 1. The molecule has 49 heavy (non-hydrogen) atoms. The summed E-state index contributed by atoms with van der Waals surface area (Å²) in [5.74, 6) is 0. The van der Waals surface area contributed by atoms with E-state index in [4.69, 9.17) is 4.42 Å². The third kappa shape index (κ3) is 4.29. The number of anilines is 3. The molecule has 8 aromatic carbocycles. The van der Waals surface area contributed by atoms with E-state index in [2.05, 4.69) is 191 Å². The van der Waals surface area contributed by atoms with E-state index in [0.29, 0.717) is 0 Å². The standard InChI is InChI=1S/C46H30N2O/c1-3-14-31(15-4-1)33-17-11-20-35(30-33)48(42-26-13-27-43-45(42)38-29-28-32-16-7-8-21-36(32)46(38)49-43)41-25-12-24-40-44(41)37-22-9-10-23-39(37)47(40)34-18-5-2-6-19-34/h1-30H. The van der Waals surface area contributed by atoms with Gasteiger partial charge < -0.3 is 13.9 Å². The van der Waals surface area contributed by atoms with Crippen LogP contribution in [-0.4, -0.2) is 4.57 Å². The van der Waals surface area contributed by atoms with E-state index < -0.39 is 0 Å². The van der Waals surface area contributed by atoms with Crippen molar-refractivity contribution in [3.05, 3.63) is 182 Å². The van der Waals surface area contributed by atoms with E-state index in [1.807, 2.05) is 0 Å². The van der Waals surface area contributed by atoms with E-state index in [9.17, 15) is 0 Å². The van der Waals surface area contributed by atoms with Crippen molar-refractivity contribution in [2.45, 2.75) is 0 Å². The molecule has 0 amide bonds. The average Bonchev–Trinajstić information content (AvgIpc) is 3.73.